The van der Waals surface area contributed by atoms with Crippen LogP contribution in [0.15, 0.2) is 18.3 Å². The smallest absolute Gasteiger partial charge is 0.0609 e. The molecule has 0 radical (unpaired) electrons. The SMILES string of the molecule is CC#CCC(N)c1ncccc1C. The summed E-state index contributed by atoms with van der Waals surface area (Å²) >= 11 is 0. The normalized spacial score (nSPS) is 11.6. The number of aromatic nitrogens is 1. The van der Waals surface area contributed by atoms with E-state index in [0.717, 1.165) is 11.3 Å². The van der Waals surface area contributed by atoms with Crippen LogP contribution in [0.3, 0.4) is 0 Å². The van der Waals surface area contributed by atoms with Gasteiger partial charge in [-0.15, -0.1) is 11.8 Å². The van der Waals surface area contributed by atoms with Gasteiger partial charge in [0.2, 0.25) is 0 Å². The van der Waals surface area contributed by atoms with Gasteiger partial charge in [0.15, 0.2) is 0 Å². The Hall–Kier alpha value is -1.33. The predicted octanol–water partition coefficient (Wildman–Crippen LogP) is 1.80. The second-order valence-electron chi connectivity index (χ2n) is 2.94. The van der Waals surface area contributed by atoms with Crippen molar-refractivity contribution in [2.45, 2.75) is 26.3 Å². The van der Waals surface area contributed by atoms with E-state index in [0.29, 0.717) is 6.42 Å². The molecule has 1 atom stereocenters. The second-order valence-corrected chi connectivity index (χ2v) is 2.94. The topological polar surface area (TPSA) is 38.9 Å². The first-order valence-electron chi connectivity index (χ1n) is 4.32. The average molecular weight is 174 g/mol. The van der Waals surface area contributed by atoms with Gasteiger partial charge in [-0.3, -0.25) is 4.98 Å². The Morgan fingerprint density at radius 2 is 2.38 bits per heavy atom. The first kappa shape index (κ1) is 9.76. The Labute approximate surface area is 79.2 Å². The van der Waals surface area contributed by atoms with Gasteiger partial charge in [-0.1, -0.05) is 6.07 Å². The molecule has 0 saturated heterocycles. The summed E-state index contributed by atoms with van der Waals surface area (Å²) in [6, 6.07) is 3.87. The first-order valence-corrected chi connectivity index (χ1v) is 4.32. The molecule has 1 unspecified atom stereocenters. The maximum absolute atomic E-state index is 5.92. The lowest BCUT2D eigenvalue weighted by Gasteiger charge is -2.09. The molecule has 0 amide bonds. The highest BCUT2D eigenvalue weighted by molar-refractivity contribution is 5.22. The summed E-state index contributed by atoms with van der Waals surface area (Å²) in [5, 5.41) is 0. The van der Waals surface area contributed by atoms with Crippen molar-refractivity contribution >= 4 is 0 Å². The Balaban J connectivity index is 2.80. The molecule has 0 fully saturated rings. The highest BCUT2D eigenvalue weighted by atomic mass is 14.8. The molecule has 0 saturated carbocycles. The van der Waals surface area contributed by atoms with Crippen LogP contribution in [0.4, 0.5) is 0 Å². The summed E-state index contributed by atoms with van der Waals surface area (Å²) in [7, 11) is 0. The molecule has 2 N–H and O–H groups in total. The fourth-order valence-corrected chi connectivity index (χ4v) is 1.19. The number of hydrogen-bond donors (Lipinski definition) is 1. The van der Waals surface area contributed by atoms with E-state index in [1.54, 1.807) is 6.20 Å². The molecule has 2 heteroatoms. The molecule has 13 heavy (non-hydrogen) atoms. The maximum Gasteiger partial charge on any atom is 0.0609 e. The van der Waals surface area contributed by atoms with Gasteiger partial charge in [-0.25, -0.2) is 0 Å². The van der Waals surface area contributed by atoms with Crippen LogP contribution in [0.5, 0.6) is 0 Å². The molecule has 1 heterocycles. The summed E-state index contributed by atoms with van der Waals surface area (Å²) in [6.07, 6.45) is 2.44. The molecule has 0 aliphatic rings. The number of nitrogens with two attached hydrogens (primary N) is 1. The Morgan fingerprint density at radius 3 is 3.00 bits per heavy atom. The molecular formula is C11H14N2. The zero-order valence-corrected chi connectivity index (χ0v) is 8.04. The van der Waals surface area contributed by atoms with Crippen LogP contribution in [0.25, 0.3) is 0 Å². The summed E-state index contributed by atoms with van der Waals surface area (Å²) in [5.74, 6) is 5.79. The van der Waals surface area contributed by atoms with Crippen molar-refractivity contribution in [3.8, 4) is 11.8 Å². The van der Waals surface area contributed by atoms with Gasteiger partial charge in [0.05, 0.1) is 11.7 Å². The van der Waals surface area contributed by atoms with Crippen LogP contribution in [-0.2, 0) is 0 Å². The second kappa shape index (κ2) is 4.64. The quantitative estimate of drug-likeness (QED) is 0.694. The van der Waals surface area contributed by atoms with E-state index in [9.17, 15) is 0 Å². The molecule has 0 spiro atoms. The lowest BCUT2D eigenvalue weighted by molar-refractivity contribution is 0.717. The van der Waals surface area contributed by atoms with Crippen LogP contribution in [0.1, 0.15) is 30.6 Å². The molecule has 1 aromatic rings. The minimum Gasteiger partial charge on any atom is -0.322 e. The standard InChI is InChI=1S/C11H14N2/c1-3-4-7-10(12)11-9(2)6-5-8-13-11/h5-6,8,10H,7,12H2,1-2H3. The summed E-state index contributed by atoms with van der Waals surface area (Å²) < 4.78 is 0. The molecule has 2 nitrogen and oxygen atoms in total. The van der Waals surface area contributed by atoms with Gasteiger partial charge in [0.25, 0.3) is 0 Å². The fourth-order valence-electron chi connectivity index (χ4n) is 1.19. The van der Waals surface area contributed by atoms with Crippen molar-refractivity contribution in [3.63, 3.8) is 0 Å². The molecule has 0 aliphatic heterocycles. The fraction of sp³-hybridized carbons (Fsp3) is 0.364. The van der Waals surface area contributed by atoms with E-state index in [1.165, 1.54) is 0 Å². The van der Waals surface area contributed by atoms with E-state index >= 15 is 0 Å². The van der Waals surface area contributed by atoms with Crippen molar-refractivity contribution < 1.29 is 0 Å². The number of aryl methyl sites for hydroxylation is 1. The molecule has 1 rings (SSSR count). The third-order valence-corrected chi connectivity index (χ3v) is 1.90. The van der Waals surface area contributed by atoms with Gasteiger partial charge in [-0.05, 0) is 25.5 Å². The lowest BCUT2D eigenvalue weighted by atomic mass is 10.1. The van der Waals surface area contributed by atoms with Crippen molar-refractivity contribution in [1.29, 1.82) is 0 Å². The highest BCUT2D eigenvalue weighted by Gasteiger charge is 2.07. The van der Waals surface area contributed by atoms with E-state index in [4.69, 9.17) is 5.73 Å². The van der Waals surface area contributed by atoms with Crippen molar-refractivity contribution in [1.82, 2.24) is 4.98 Å². The third kappa shape index (κ3) is 2.57. The summed E-state index contributed by atoms with van der Waals surface area (Å²) in [5.41, 5.74) is 8.00. The highest BCUT2D eigenvalue weighted by Crippen LogP contribution is 2.14. The van der Waals surface area contributed by atoms with Gasteiger partial charge < -0.3 is 5.73 Å². The molecule has 0 bridgehead atoms. The molecular weight excluding hydrogens is 160 g/mol. The van der Waals surface area contributed by atoms with Crippen molar-refractivity contribution in [3.05, 3.63) is 29.6 Å². The molecule has 0 aliphatic carbocycles. The molecule has 1 aromatic heterocycles. The van der Waals surface area contributed by atoms with Crippen LogP contribution in [0.2, 0.25) is 0 Å². The zero-order chi connectivity index (χ0) is 9.68. The van der Waals surface area contributed by atoms with Gasteiger partial charge in [0.1, 0.15) is 0 Å². The number of hydrogen-bond acceptors (Lipinski definition) is 2. The van der Waals surface area contributed by atoms with Crippen LogP contribution < -0.4 is 5.73 Å². The predicted molar refractivity (Wildman–Crippen MR) is 54.0 cm³/mol. The largest absolute Gasteiger partial charge is 0.322 e. The minimum atomic E-state index is -0.0614. The lowest BCUT2D eigenvalue weighted by Crippen LogP contribution is -2.12. The van der Waals surface area contributed by atoms with E-state index < -0.39 is 0 Å². The third-order valence-electron chi connectivity index (χ3n) is 1.90. The number of nitrogens with zero attached hydrogens (tertiary/aromatic N) is 1. The van der Waals surface area contributed by atoms with Crippen molar-refractivity contribution in [2.75, 3.05) is 0 Å². The van der Waals surface area contributed by atoms with Crippen LogP contribution in [-0.4, -0.2) is 4.98 Å². The summed E-state index contributed by atoms with van der Waals surface area (Å²) in [4.78, 5) is 4.24. The number of pyridine rings is 1. The first-order chi connectivity index (χ1) is 6.25. The van der Waals surface area contributed by atoms with E-state index in [-0.39, 0.29) is 6.04 Å². The van der Waals surface area contributed by atoms with Gasteiger partial charge in [-0.2, -0.15) is 0 Å². The Kier molecular flexibility index (Phi) is 3.48. The van der Waals surface area contributed by atoms with Gasteiger partial charge >= 0.3 is 0 Å². The number of rotatable bonds is 2. The van der Waals surface area contributed by atoms with Crippen LogP contribution in [0, 0.1) is 18.8 Å². The monoisotopic (exact) mass is 174 g/mol. The van der Waals surface area contributed by atoms with Crippen LogP contribution >= 0.6 is 0 Å². The zero-order valence-electron chi connectivity index (χ0n) is 8.04. The average Bonchev–Trinajstić information content (AvgIpc) is 2.15. The maximum atomic E-state index is 5.92. The summed E-state index contributed by atoms with van der Waals surface area (Å²) in [6.45, 7) is 3.83. The van der Waals surface area contributed by atoms with E-state index in [1.807, 2.05) is 26.0 Å². The molecule has 0 aromatic carbocycles. The van der Waals surface area contributed by atoms with Crippen molar-refractivity contribution in [2.24, 2.45) is 5.73 Å². The minimum absolute atomic E-state index is 0.0614. The Morgan fingerprint density at radius 1 is 1.62 bits per heavy atom. The van der Waals surface area contributed by atoms with E-state index in [2.05, 4.69) is 16.8 Å². The van der Waals surface area contributed by atoms with Gasteiger partial charge in [0, 0.05) is 12.6 Å². The Bertz CT molecular complexity index is 333. The molecule has 68 valence electrons.